The average molecular weight is 467 g/mol. The Bertz CT molecular complexity index is 1050. The first-order valence-electron chi connectivity index (χ1n) is 9.45. The van der Waals surface area contributed by atoms with Crippen LogP contribution in [0.4, 0.5) is 18.9 Å². The zero-order chi connectivity index (χ0) is 25.0. The molecule has 2 aromatic carbocycles. The van der Waals surface area contributed by atoms with Gasteiger partial charge in [-0.3, -0.25) is 19.7 Å². The number of carboxylic acid groups (broad SMARTS) is 2. The van der Waals surface area contributed by atoms with Gasteiger partial charge < -0.3 is 14.9 Å². The van der Waals surface area contributed by atoms with E-state index >= 15 is 0 Å². The van der Waals surface area contributed by atoms with Gasteiger partial charge in [0, 0.05) is 17.5 Å². The number of aliphatic carboxylic acids is 2. The number of methoxy groups -OCH3 is 1. The van der Waals surface area contributed by atoms with Crippen molar-refractivity contribution in [2.75, 3.05) is 7.11 Å². The Balaban J connectivity index is 2.88. The van der Waals surface area contributed by atoms with Gasteiger partial charge in [0.25, 0.3) is 5.69 Å². The largest absolute Gasteiger partial charge is 0.497 e. The number of allylic oxidation sites excluding steroid dienone is 1. The molecule has 0 spiro atoms. The van der Waals surface area contributed by atoms with Crippen LogP contribution in [0.2, 0.25) is 0 Å². The van der Waals surface area contributed by atoms with Crippen LogP contribution in [0.5, 0.6) is 5.75 Å². The number of hydrogen-bond donors (Lipinski definition) is 2. The molecule has 1 atom stereocenters. The third-order valence-corrected chi connectivity index (χ3v) is 5.40. The molecule has 1 unspecified atom stereocenters. The number of carboxylic acids is 2. The Hall–Kier alpha value is -3.89. The highest BCUT2D eigenvalue weighted by Crippen LogP contribution is 2.46. The normalized spacial score (nSPS) is 12.6. The van der Waals surface area contributed by atoms with Crippen LogP contribution in [0.15, 0.2) is 55.1 Å². The highest BCUT2D eigenvalue weighted by molar-refractivity contribution is 5.99. The molecular weight excluding hydrogens is 447 g/mol. The van der Waals surface area contributed by atoms with Crippen molar-refractivity contribution in [3.8, 4) is 5.75 Å². The van der Waals surface area contributed by atoms with E-state index in [-0.39, 0.29) is 5.56 Å². The van der Waals surface area contributed by atoms with Gasteiger partial charge in [0.05, 0.1) is 17.6 Å². The fourth-order valence-corrected chi connectivity index (χ4v) is 3.78. The van der Waals surface area contributed by atoms with Gasteiger partial charge in [-0.15, -0.1) is 6.58 Å². The lowest BCUT2D eigenvalue weighted by Crippen LogP contribution is -2.45. The third kappa shape index (κ3) is 4.97. The van der Waals surface area contributed by atoms with Crippen LogP contribution in [-0.2, 0) is 22.2 Å². The minimum absolute atomic E-state index is 0.0497. The second-order valence-electron chi connectivity index (χ2n) is 7.16. The number of nitrogens with zero attached hydrogens (tertiary/aromatic N) is 1. The van der Waals surface area contributed by atoms with E-state index < -0.39 is 64.0 Å². The van der Waals surface area contributed by atoms with E-state index in [1.807, 2.05) is 0 Å². The first-order valence-corrected chi connectivity index (χ1v) is 9.45. The summed E-state index contributed by atoms with van der Waals surface area (Å²) in [6.45, 7) is 3.39. The number of ether oxygens (including phenoxy) is 1. The Morgan fingerprint density at radius 2 is 1.73 bits per heavy atom. The molecule has 0 saturated carbocycles. The summed E-state index contributed by atoms with van der Waals surface area (Å²) in [5.41, 5.74) is -5.66. The van der Waals surface area contributed by atoms with Crippen molar-refractivity contribution in [1.29, 1.82) is 0 Å². The van der Waals surface area contributed by atoms with Gasteiger partial charge in [-0.05, 0) is 36.6 Å². The van der Waals surface area contributed by atoms with Crippen LogP contribution >= 0.6 is 0 Å². The summed E-state index contributed by atoms with van der Waals surface area (Å²) >= 11 is 0. The summed E-state index contributed by atoms with van der Waals surface area (Å²) in [6, 6.07) is 7.74. The third-order valence-electron chi connectivity index (χ3n) is 5.40. The van der Waals surface area contributed by atoms with Gasteiger partial charge in [0.1, 0.15) is 5.75 Å². The van der Waals surface area contributed by atoms with E-state index in [1.54, 1.807) is 0 Å². The standard InChI is InChI=1S/C22H20F3NO7/c1-3-11-21(19(27)28,20(29)30)17(13-7-9-14(33-2)10-8-13)12-15-16(22(23,24)25)5-4-6-18(15)26(31)32/h3-10,17H,1,11-12H2,2H3,(H,27,28)(H,29,30). The zero-order valence-corrected chi connectivity index (χ0v) is 17.3. The molecule has 0 fully saturated rings. The number of carbonyl (C=O) groups is 2. The second kappa shape index (κ2) is 9.72. The van der Waals surface area contributed by atoms with Crippen molar-refractivity contribution in [3.63, 3.8) is 0 Å². The van der Waals surface area contributed by atoms with Crippen molar-refractivity contribution >= 4 is 17.6 Å². The van der Waals surface area contributed by atoms with Gasteiger partial charge in [-0.1, -0.05) is 24.3 Å². The van der Waals surface area contributed by atoms with Crippen molar-refractivity contribution in [2.24, 2.45) is 5.41 Å². The lowest BCUT2D eigenvalue weighted by Gasteiger charge is -2.34. The predicted octanol–water partition coefficient (Wildman–Crippen LogP) is 4.68. The van der Waals surface area contributed by atoms with Crippen LogP contribution < -0.4 is 4.74 Å². The summed E-state index contributed by atoms with van der Waals surface area (Å²) in [4.78, 5) is 35.0. The SMILES string of the molecule is C=CCC(C(=O)O)(C(=O)O)C(Cc1c([N+](=O)[O-])cccc1C(F)(F)F)c1ccc(OC)cc1. The maximum Gasteiger partial charge on any atom is 0.416 e. The number of nitro benzene ring substituents is 1. The first kappa shape index (κ1) is 25.4. The van der Waals surface area contributed by atoms with Crippen molar-refractivity contribution in [3.05, 3.63) is 81.9 Å². The summed E-state index contributed by atoms with van der Waals surface area (Å²) in [5, 5.41) is 31.4. The molecule has 0 radical (unpaired) electrons. The molecule has 176 valence electrons. The summed E-state index contributed by atoms with van der Waals surface area (Å²) < 4.78 is 46.2. The van der Waals surface area contributed by atoms with Gasteiger partial charge in [0.2, 0.25) is 0 Å². The van der Waals surface area contributed by atoms with E-state index in [9.17, 15) is 43.1 Å². The summed E-state index contributed by atoms with van der Waals surface area (Å²) in [5.74, 6) is -4.93. The Kier molecular flexibility index (Phi) is 7.47. The Labute approximate surface area is 186 Å². The van der Waals surface area contributed by atoms with Crippen LogP contribution in [-0.4, -0.2) is 34.2 Å². The average Bonchev–Trinajstić information content (AvgIpc) is 2.74. The van der Waals surface area contributed by atoms with Crippen LogP contribution in [0.25, 0.3) is 0 Å². The van der Waals surface area contributed by atoms with Crippen molar-refractivity contribution in [1.82, 2.24) is 0 Å². The molecular formula is C22H20F3NO7. The minimum Gasteiger partial charge on any atom is -0.497 e. The number of hydrogen-bond acceptors (Lipinski definition) is 5. The van der Waals surface area contributed by atoms with E-state index in [1.165, 1.54) is 31.4 Å². The molecule has 0 aromatic heterocycles. The molecule has 33 heavy (non-hydrogen) atoms. The molecule has 2 N–H and O–H groups in total. The van der Waals surface area contributed by atoms with E-state index in [4.69, 9.17) is 4.74 Å². The summed E-state index contributed by atoms with van der Waals surface area (Å²) in [6.07, 6.45) is -5.50. The molecule has 0 bridgehead atoms. The molecule has 0 saturated heterocycles. The maximum absolute atomic E-state index is 13.7. The topological polar surface area (TPSA) is 127 Å². The van der Waals surface area contributed by atoms with Crippen molar-refractivity contribution < 1.29 is 42.6 Å². The zero-order valence-electron chi connectivity index (χ0n) is 17.3. The van der Waals surface area contributed by atoms with Gasteiger partial charge >= 0.3 is 18.1 Å². The highest BCUT2D eigenvalue weighted by atomic mass is 19.4. The number of alkyl halides is 3. The number of rotatable bonds is 10. The molecule has 0 aliphatic rings. The van der Waals surface area contributed by atoms with E-state index in [0.29, 0.717) is 11.8 Å². The number of benzene rings is 2. The van der Waals surface area contributed by atoms with Crippen molar-refractivity contribution in [2.45, 2.75) is 24.9 Å². The maximum atomic E-state index is 13.7. The van der Waals surface area contributed by atoms with Gasteiger partial charge in [0.15, 0.2) is 5.41 Å². The molecule has 11 heteroatoms. The second-order valence-corrected chi connectivity index (χ2v) is 7.16. The summed E-state index contributed by atoms with van der Waals surface area (Å²) in [7, 11) is 1.35. The van der Waals surface area contributed by atoms with Crippen LogP contribution in [0, 0.1) is 15.5 Å². The molecule has 2 aromatic rings. The monoisotopic (exact) mass is 467 g/mol. The molecule has 0 aliphatic heterocycles. The molecule has 0 amide bonds. The Morgan fingerprint density at radius 1 is 1.15 bits per heavy atom. The smallest absolute Gasteiger partial charge is 0.416 e. The van der Waals surface area contributed by atoms with E-state index in [0.717, 1.165) is 18.2 Å². The quantitative estimate of drug-likeness (QED) is 0.225. The highest BCUT2D eigenvalue weighted by Gasteiger charge is 2.53. The first-order chi connectivity index (χ1) is 15.4. The number of nitro groups is 1. The molecule has 0 heterocycles. The number of halogens is 3. The minimum atomic E-state index is -5.00. The fraction of sp³-hybridized carbons (Fsp3) is 0.273. The lowest BCUT2D eigenvalue weighted by atomic mass is 9.67. The molecule has 8 nitrogen and oxygen atoms in total. The van der Waals surface area contributed by atoms with Gasteiger partial charge in [-0.2, -0.15) is 13.2 Å². The predicted molar refractivity (Wildman–Crippen MR) is 110 cm³/mol. The van der Waals surface area contributed by atoms with Crippen LogP contribution in [0.1, 0.15) is 29.0 Å². The van der Waals surface area contributed by atoms with Gasteiger partial charge in [-0.25, -0.2) is 0 Å². The lowest BCUT2D eigenvalue weighted by molar-refractivity contribution is -0.385. The fourth-order valence-electron chi connectivity index (χ4n) is 3.78. The van der Waals surface area contributed by atoms with E-state index in [2.05, 4.69) is 6.58 Å². The molecule has 2 rings (SSSR count). The Morgan fingerprint density at radius 3 is 2.15 bits per heavy atom. The molecule has 0 aliphatic carbocycles. The van der Waals surface area contributed by atoms with Crippen LogP contribution in [0.3, 0.4) is 0 Å².